The summed E-state index contributed by atoms with van der Waals surface area (Å²) in [5.74, 6) is -0.209. The fourth-order valence-electron chi connectivity index (χ4n) is 2.18. The quantitative estimate of drug-likeness (QED) is 0.758. The van der Waals surface area contributed by atoms with Gasteiger partial charge >= 0.3 is 0 Å². The van der Waals surface area contributed by atoms with Crippen molar-refractivity contribution in [3.8, 4) is 0 Å². The van der Waals surface area contributed by atoms with Crippen molar-refractivity contribution in [1.82, 2.24) is 25.3 Å². The number of nitrogens with two attached hydrogens (primary N) is 1. The van der Waals surface area contributed by atoms with E-state index in [1.807, 2.05) is 14.0 Å². The van der Waals surface area contributed by atoms with Crippen LogP contribution in [0.25, 0.3) is 10.2 Å². The van der Waals surface area contributed by atoms with Gasteiger partial charge in [-0.1, -0.05) is 0 Å². The third kappa shape index (κ3) is 2.33. The van der Waals surface area contributed by atoms with E-state index in [9.17, 15) is 4.79 Å². The molecule has 0 fully saturated rings. The fourth-order valence-corrected chi connectivity index (χ4v) is 3.28. The first-order chi connectivity index (χ1) is 10.1. The summed E-state index contributed by atoms with van der Waals surface area (Å²) < 4.78 is 1.74. The summed E-state index contributed by atoms with van der Waals surface area (Å²) in [7, 11) is 1.84. The Hall–Kier alpha value is -2.48. The highest BCUT2D eigenvalue weighted by atomic mass is 32.1. The number of carbonyl (C=O) groups excluding carboxylic acids is 1. The first kappa shape index (κ1) is 13.5. The Kier molecular flexibility index (Phi) is 3.30. The first-order valence-corrected chi connectivity index (χ1v) is 7.16. The lowest BCUT2D eigenvalue weighted by molar-refractivity contribution is 0.0955. The predicted octanol–water partition coefficient (Wildman–Crippen LogP) is 1.25. The molecule has 0 saturated carbocycles. The number of aryl methyl sites for hydroxylation is 2. The van der Waals surface area contributed by atoms with Crippen molar-refractivity contribution < 1.29 is 4.79 Å². The van der Waals surface area contributed by atoms with Gasteiger partial charge in [0.05, 0.1) is 29.0 Å². The number of amides is 1. The third-order valence-corrected chi connectivity index (χ3v) is 4.42. The highest BCUT2D eigenvalue weighted by molar-refractivity contribution is 7.21. The van der Waals surface area contributed by atoms with E-state index in [0.29, 0.717) is 22.8 Å². The molecule has 0 aliphatic heterocycles. The number of nitrogens with one attached hydrogen (secondary N) is 1. The summed E-state index contributed by atoms with van der Waals surface area (Å²) >= 11 is 1.34. The number of anilines is 1. The number of hydrogen-bond acceptors (Lipinski definition) is 6. The molecule has 0 aliphatic rings. The van der Waals surface area contributed by atoms with E-state index >= 15 is 0 Å². The number of fused-ring (bicyclic) bond motifs is 1. The molecule has 0 radical (unpaired) electrons. The number of nitrogen functional groups attached to an aromatic ring is 1. The molecule has 0 atom stereocenters. The van der Waals surface area contributed by atoms with Gasteiger partial charge in [-0.2, -0.15) is 15.3 Å². The normalized spacial score (nSPS) is 11.0. The number of hydrogen-bond donors (Lipinski definition) is 2. The van der Waals surface area contributed by atoms with Crippen LogP contribution in [-0.2, 0) is 13.6 Å². The van der Waals surface area contributed by atoms with Gasteiger partial charge in [-0.05, 0) is 19.1 Å². The standard InChI is InChI=1S/C13H14N6OS/c1-7-9-10(14)11(21-13(9)19(2)18-7)12(20)15-6-8-4-3-5-16-17-8/h3-5H,6,14H2,1-2H3,(H,15,20). The Morgan fingerprint density at radius 1 is 1.52 bits per heavy atom. The molecule has 0 aliphatic carbocycles. The molecule has 0 unspecified atom stereocenters. The number of nitrogens with zero attached hydrogens (tertiary/aromatic N) is 4. The highest BCUT2D eigenvalue weighted by Crippen LogP contribution is 2.35. The Bertz CT molecular complexity index is 807. The number of aromatic nitrogens is 4. The molecule has 3 N–H and O–H groups in total. The van der Waals surface area contributed by atoms with Crippen molar-refractivity contribution in [2.45, 2.75) is 13.5 Å². The van der Waals surface area contributed by atoms with Gasteiger partial charge in [0.2, 0.25) is 0 Å². The summed E-state index contributed by atoms with van der Waals surface area (Å²) in [6.45, 7) is 2.20. The van der Waals surface area contributed by atoms with E-state index < -0.39 is 0 Å². The SMILES string of the molecule is Cc1nn(C)c2sc(C(=O)NCc3cccnn3)c(N)c12. The molecule has 0 bridgehead atoms. The summed E-state index contributed by atoms with van der Waals surface area (Å²) in [4.78, 5) is 13.7. The topological polar surface area (TPSA) is 98.7 Å². The minimum atomic E-state index is -0.209. The van der Waals surface area contributed by atoms with Crippen LogP contribution in [0.1, 0.15) is 21.1 Å². The Morgan fingerprint density at radius 2 is 2.33 bits per heavy atom. The maximum atomic E-state index is 12.3. The molecule has 3 aromatic rings. The summed E-state index contributed by atoms with van der Waals surface area (Å²) in [5, 5.41) is 15.6. The number of rotatable bonds is 3. The lowest BCUT2D eigenvalue weighted by Crippen LogP contribution is -2.23. The monoisotopic (exact) mass is 302 g/mol. The molecule has 8 heteroatoms. The van der Waals surface area contributed by atoms with Crippen LogP contribution in [0.4, 0.5) is 5.69 Å². The number of carbonyl (C=O) groups is 1. The van der Waals surface area contributed by atoms with Gasteiger partial charge in [0.25, 0.3) is 5.91 Å². The van der Waals surface area contributed by atoms with E-state index in [1.165, 1.54) is 11.3 Å². The second-order valence-corrected chi connectivity index (χ2v) is 5.63. The molecule has 3 rings (SSSR count). The minimum Gasteiger partial charge on any atom is -0.397 e. The van der Waals surface area contributed by atoms with Gasteiger partial charge in [-0.25, -0.2) is 0 Å². The van der Waals surface area contributed by atoms with Crippen molar-refractivity contribution in [3.05, 3.63) is 34.6 Å². The Morgan fingerprint density at radius 3 is 3.00 bits per heavy atom. The maximum absolute atomic E-state index is 12.3. The van der Waals surface area contributed by atoms with Crippen LogP contribution < -0.4 is 11.1 Å². The number of thiophene rings is 1. The Labute approximate surface area is 124 Å². The lowest BCUT2D eigenvalue weighted by atomic mass is 10.2. The smallest absolute Gasteiger partial charge is 0.263 e. The molecule has 3 heterocycles. The van der Waals surface area contributed by atoms with Gasteiger partial charge in [0.15, 0.2) is 0 Å². The van der Waals surface area contributed by atoms with Crippen LogP contribution in [0.5, 0.6) is 0 Å². The van der Waals surface area contributed by atoms with Crippen molar-refractivity contribution in [2.75, 3.05) is 5.73 Å². The molecular weight excluding hydrogens is 288 g/mol. The van der Waals surface area contributed by atoms with Crippen LogP contribution in [0.15, 0.2) is 18.3 Å². The van der Waals surface area contributed by atoms with Crippen LogP contribution in [0.3, 0.4) is 0 Å². The lowest BCUT2D eigenvalue weighted by Gasteiger charge is -2.03. The summed E-state index contributed by atoms with van der Waals surface area (Å²) in [6, 6.07) is 3.58. The maximum Gasteiger partial charge on any atom is 0.263 e. The molecule has 0 spiro atoms. The average molecular weight is 302 g/mol. The molecule has 0 saturated heterocycles. The van der Waals surface area contributed by atoms with E-state index in [4.69, 9.17) is 5.73 Å². The van der Waals surface area contributed by atoms with Crippen molar-refractivity contribution in [1.29, 1.82) is 0 Å². The third-order valence-electron chi connectivity index (χ3n) is 3.15. The first-order valence-electron chi connectivity index (χ1n) is 6.34. The van der Waals surface area contributed by atoms with Gasteiger partial charge in [-0.3, -0.25) is 9.48 Å². The average Bonchev–Trinajstić information content (AvgIpc) is 2.97. The van der Waals surface area contributed by atoms with Crippen molar-refractivity contribution in [2.24, 2.45) is 7.05 Å². The van der Waals surface area contributed by atoms with E-state index in [0.717, 1.165) is 15.9 Å². The highest BCUT2D eigenvalue weighted by Gasteiger charge is 2.20. The van der Waals surface area contributed by atoms with E-state index in [2.05, 4.69) is 20.6 Å². The largest absolute Gasteiger partial charge is 0.397 e. The molecular formula is C13H14N6OS. The zero-order valence-electron chi connectivity index (χ0n) is 11.6. The van der Waals surface area contributed by atoms with Gasteiger partial charge in [-0.15, -0.1) is 11.3 Å². The zero-order chi connectivity index (χ0) is 15.0. The zero-order valence-corrected chi connectivity index (χ0v) is 12.4. The summed E-state index contributed by atoms with van der Waals surface area (Å²) in [6.07, 6.45) is 1.59. The molecule has 3 aromatic heterocycles. The van der Waals surface area contributed by atoms with Gasteiger partial charge < -0.3 is 11.1 Å². The predicted molar refractivity (Wildman–Crippen MR) is 80.9 cm³/mol. The molecule has 21 heavy (non-hydrogen) atoms. The fraction of sp³-hybridized carbons (Fsp3) is 0.231. The van der Waals surface area contributed by atoms with Gasteiger partial charge in [0, 0.05) is 13.2 Å². The second kappa shape index (κ2) is 5.13. The summed E-state index contributed by atoms with van der Waals surface area (Å²) in [5.41, 5.74) is 8.10. The molecule has 7 nitrogen and oxygen atoms in total. The van der Waals surface area contributed by atoms with Crippen molar-refractivity contribution in [3.63, 3.8) is 0 Å². The van der Waals surface area contributed by atoms with Crippen molar-refractivity contribution >= 4 is 33.1 Å². The molecule has 1 amide bonds. The van der Waals surface area contributed by atoms with Crippen LogP contribution in [0, 0.1) is 6.92 Å². The van der Waals surface area contributed by atoms with E-state index in [1.54, 1.807) is 23.0 Å². The Balaban J connectivity index is 1.85. The second-order valence-electron chi connectivity index (χ2n) is 4.63. The molecule has 108 valence electrons. The molecule has 0 aromatic carbocycles. The van der Waals surface area contributed by atoms with Crippen LogP contribution >= 0.6 is 11.3 Å². The van der Waals surface area contributed by atoms with Crippen LogP contribution in [-0.4, -0.2) is 25.9 Å². The van der Waals surface area contributed by atoms with E-state index in [-0.39, 0.29) is 5.91 Å². The van der Waals surface area contributed by atoms with Crippen LogP contribution in [0.2, 0.25) is 0 Å². The minimum absolute atomic E-state index is 0.209. The van der Waals surface area contributed by atoms with Gasteiger partial charge in [0.1, 0.15) is 9.71 Å².